The molecule has 0 aliphatic carbocycles. The summed E-state index contributed by atoms with van der Waals surface area (Å²) in [4.78, 5) is 10.8. The molecule has 68 valence electrons. The minimum absolute atomic E-state index is 0.106. The number of rotatable bonds is 4. The molecular formula is C10H16OS. The molecule has 0 bridgehead atoms. The number of carbonyl (C=O) groups is 1. The van der Waals surface area contributed by atoms with E-state index in [1.807, 2.05) is 6.92 Å². The molecule has 0 fully saturated rings. The second kappa shape index (κ2) is 3.94. The van der Waals surface area contributed by atoms with Crippen LogP contribution in [0.5, 0.6) is 0 Å². The second-order valence-corrected chi connectivity index (χ2v) is 5.42. The van der Waals surface area contributed by atoms with Crippen LogP contribution in [0.2, 0.25) is 0 Å². The van der Waals surface area contributed by atoms with Crippen molar-refractivity contribution in [2.75, 3.05) is 5.75 Å². The van der Waals surface area contributed by atoms with Crippen molar-refractivity contribution in [2.45, 2.75) is 20.3 Å². The van der Waals surface area contributed by atoms with Gasteiger partial charge in [0.25, 0.3) is 0 Å². The molecule has 0 aromatic carbocycles. The van der Waals surface area contributed by atoms with E-state index in [1.165, 1.54) is 0 Å². The van der Waals surface area contributed by atoms with E-state index in [9.17, 15) is 4.79 Å². The van der Waals surface area contributed by atoms with Crippen LogP contribution >= 0.6 is 10.9 Å². The van der Waals surface area contributed by atoms with E-state index >= 15 is 0 Å². The zero-order valence-corrected chi connectivity index (χ0v) is 8.55. The Hall–Kier alpha value is -0.500. The number of carbonyl (C=O) groups excluding carboxylic acids is 1. The van der Waals surface area contributed by atoms with Crippen molar-refractivity contribution in [3.05, 3.63) is 23.0 Å². The van der Waals surface area contributed by atoms with Crippen molar-refractivity contribution >= 4 is 17.2 Å². The van der Waals surface area contributed by atoms with Gasteiger partial charge in [-0.1, -0.05) is 26.0 Å². The standard InChI is InChI=1S/C10H16OS/c1-3-10(2,8-11)9-12-6-4-5-7-12/h4-8,12H,3,9H2,1-2H3. The van der Waals surface area contributed by atoms with Crippen molar-refractivity contribution in [1.82, 2.24) is 0 Å². The first-order chi connectivity index (χ1) is 5.70. The van der Waals surface area contributed by atoms with Gasteiger partial charge in [-0.3, -0.25) is 0 Å². The first kappa shape index (κ1) is 9.59. The van der Waals surface area contributed by atoms with Gasteiger partial charge in [0.15, 0.2) is 0 Å². The lowest BCUT2D eigenvalue weighted by Crippen LogP contribution is -2.21. The summed E-state index contributed by atoms with van der Waals surface area (Å²) in [6.45, 7) is 4.12. The van der Waals surface area contributed by atoms with Gasteiger partial charge in [0.2, 0.25) is 0 Å². The highest BCUT2D eigenvalue weighted by Crippen LogP contribution is 2.39. The fraction of sp³-hybridized carbons (Fsp3) is 0.500. The molecule has 1 atom stereocenters. The molecule has 12 heavy (non-hydrogen) atoms. The summed E-state index contributed by atoms with van der Waals surface area (Å²) in [5, 5.41) is 4.43. The Morgan fingerprint density at radius 2 is 2.00 bits per heavy atom. The molecule has 0 aromatic heterocycles. The Morgan fingerprint density at radius 3 is 2.42 bits per heavy atom. The molecule has 1 nitrogen and oxygen atoms in total. The van der Waals surface area contributed by atoms with Crippen LogP contribution in [0.1, 0.15) is 20.3 Å². The van der Waals surface area contributed by atoms with Gasteiger partial charge in [0.05, 0.1) is 0 Å². The fourth-order valence-corrected chi connectivity index (χ4v) is 3.21. The maximum Gasteiger partial charge on any atom is 0.126 e. The molecule has 1 unspecified atom stereocenters. The molecule has 0 aromatic rings. The summed E-state index contributed by atoms with van der Waals surface area (Å²) in [6, 6.07) is 0. The van der Waals surface area contributed by atoms with Crippen LogP contribution in [0.4, 0.5) is 0 Å². The zero-order valence-electron chi connectivity index (χ0n) is 7.66. The predicted molar refractivity (Wildman–Crippen MR) is 56.6 cm³/mol. The molecule has 2 heteroatoms. The first-order valence-corrected chi connectivity index (χ1v) is 5.94. The van der Waals surface area contributed by atoms with Crippen LogP contribution in [0.25, 0.3) is 0 Å². The molecule has 1 aliphatic heterocycles. The van der Waals surface area contributed by atoms with Gasteiger partial charge in [0, 0.05) is 5.41 Å². The Labute approximate surface area is 76.9 Å². The largest absolute Gasteiger partial charge is 0.303 e. The number of allylic oxidation sites excluding steroid dienone is 2. The monoisotopic (exact) mass is 184 g/mol. The predicted octanol–water partition coefficient (Wildman–Crippen LogP) is 2.64. The normalized spacial score (nSPS) is 22.7. The van der Waals surface area contributed by atoms with Gasteiger partial charge in [-0.05, 0) is 23.0 Å². The van der Waals surface area contributed by atoms with Crippen LogP contribution in [0, 0.1) is 5.41 Å². The highest BCUT2D eigenvalue weighted by atomic mass is 32.2. The Kier molecular flexibility index (Phi) is 3.15. The van der Waals surface area contributed by atoms with Crippen molar-refractivity contribution in [1.29, 1.82) is 0 Å². The van der Waals surface area contributed by atoms with E-state index in [2.05, 4.69) is 29.9 Å². The molecule has 1 heterocycles. The second-order valence-electron chi connectivity index (χ2n) is 3.48. The van der Waals surface area contributed by atoms with Crippen molar-refractivity contribution in [2.24, 2.45) is 5.41 Å². The molecule has 0 N–H and O–H groups in total. The topological polar surface area (TPSA) is 17.1 Å². The lowest BCUT2D eigenvalue weighted by Gasteiger charge is -2.24. The van der Waals surface area contributed by atoms with Gasteiger partial charge < -0.3 is 4.79 Å². The maximum atomic E-state index is 10.8. The van der Waals surface area contributed by atoms with Crippen LogP contribution < -0.4 is 0 Å². The minimum Gasteiger partial charge on any atom is -0.303 e. The summed E-state index contributed by atoms with van der Waals surface area (Å²) in [6.07, 6.45) is 6.20. The molecule has 0 radical (unpaired) electrons. The van der Waals surface area contributed by atoms with E-state index in [1.54, 1.807) is 0 Å². The van der Waals surface area contributed by atoms with E-state index in [4.69, 9.17) is 0 Å². The highest BCUT2D eigenvalue weighted by molar-refractivity contribution is 8.22. The third kappa shape index (κ3) is 2.24. The fourth-order valence-electron chi connectivity index (χ4n) is 1.13. The van der Waals surface area contributed by atoms with Crippen molar-refractivity contribution < 1.29 is 4.79 Å². The summed E-state index contributed by atoms with van der Waals surface area (Å²) in [7, 11) is -0.137. The Balaban J connectivity index is 2.53. The van der Waals surface area contributed by atoms with Crippen LogP contribution in [-0.2, 0) is 4.79 Å². The highest BCUT2D eigenvalue weighted by Gasteiger charge is 2.22. The molecule has 0 amide bonds. The lowest BCUT2D eigenvalue weighted by molar-refractivity contribution is -0.114. The average molecular weight is 184 g/mol. The van der Waals surface area contributed by atoms with Gasteiger partial charge in [-0.15, -0.1) is 0 Å². The summed E-state index contributed by atoms with van der Waals surface area (Å²) >= 11 is 0. The number of hydrogen-bond acceptors (Lipinski definition) is 1. The number of aldehydes is 1. The SMILES string of the molecule is CCC(C)(C=O)C[SH]1C=CC=C1. The van der Waals surface area contributed by atoms with Crippen molar-refractivity contribution in [3.8, 4) is 0 Å². The minimum atomic E-state index is -0.137. The van der Waals surface area contributed by atoms with E-state index in [0.29, 0.717) is 0 Å². The summed E-state index contributed by atoms with van der Waals surface area (Å²) in [5.74, 6) is 1.01. The average Bonchev–Trinajstić information content (AvgIpc) is 2.57. The van der Waals surface area contributed by atoms with E-state index in [-0.39, 0.29) is 16.3 Å². The van der Waals surface area contributed by atoms with Gasteiger partial charge in [-0.25, -0.2) is 10.9 Å². The van der Waals surface area contributed by atoms with Gasteiger partial charge in [0.1, 0.15) is 6.29 Å². The first-order valence-electron chi connectivity index (χ1n) is 4.27. The third-order valence-electron chi connectivity index (χ3n) is 2.30. The number of hydrogen-bond donors (Lipinski definition) is 1. The maximum absolute atomic E-state index is 10.8. The molecular weight excluding hydrogens is 168 g/mol. The molecule has 0 saturated heterocycles. The van der Waals surface area contributed by atoms with Crippen LogP contribution in [-0.4, -0.2) is 12.0 Å². The van der Waals surface area contributed by atoms with Gasteiger partial charge in [-0.2, -0.15) is 0 Å². The molecule has 1 rings (SSSR count). The molecule has 0 saturated carbocycles. The molecule has 1 aliphatic rings. The summed E-state index contributed by atoms with van der Waals surface area (Å²) in [5.41, 5.74) is -0.106. The van der Waals surface area contributed by atoms with E-state index in [0.717, 1.165) is 18.5 Å². The van der Waals surface area contributed by atoms with Gasteiger partial charge >= 0.3 is 0 Å². The lowest BCUT2D eigenvalue weighted by atomic mass is 9.92. The quantitative estimate of drug-likeness (QED) is 0.525. The third-order valence-corrected chi connectivity index (χ3v) is 4.50. The van der Waals surface area contributed by atoms with Crippen molar-refractivity contribution in [3.63, 3.8) is 0 Å². The summed E-state index contributed by atoms with van der Waals surface area (Å²) < 4.78 is 0. The smallest absolute Gasteiger partial charge is 0.126 e. The Morgan fingerprint density at radius 1 is 1.42 bits per heavy atom. The Bertz CT molecular complexity index is 208. The van der Waals surface area contributed by atoms with E-state index < -0.39 is 0 Å². The zero-order chi connectivity index (χ0) is 9.03. The van der Waals surface area contributed by atoms with Crippen LogP contribution in [0.15, 0.2) is 23.0 Å². The van der Waals surface area contributed by atoms with Crippen LogP contribution in [0.3, 0.4) is 0 Å². The molecule has 0 spiro atoms. The number of thiol groups is 1.